The number of aromatic nitrogens is 2. The van der Waals surface area contributed by atoms with Gasteiger partial charge < -0.3 is 10.6 Å². The van der Waals surface area contributed by atoms with Crippen LogP contribution in [-0.2, 0) is 0 Å². The molecule has 6 heteroatoms. The molecular weight excluding hydrogens is 350 g/mol. The summed E-state index contributed by atoms with van der Waals surface area (Å²) >= 11 is 0. The lowest BCUT2D eigenvalue weighted by Crippen LogP contribution is -2.50. The summed E-state index contributed by atoms with van der Waals surface area (Å²) in [6.07, 6.45) is 2.92. The summed E-state index contributed by atoms with van der Waals surface area (Å²) < 4.78 is 0. The number of amides is 1. The predicted molar refractivity (Wildman–Crippen MR) is 109 cm³/mol. The van der Waals surface area contributed by atoms with E-state index in [0.717, 1.165) is 13.1 Å². The molecule has 0 saturated carbocycles. The van der Waals surface area contributed by atoms with Crippen molar-refractivity contribution in [2.75, 3.05) is 31.9 Å². The summed E-state index contributed by atoms with van der Waals surface area (Å²) in [4.78, 5) is 25.1. The molecule has 142 valence electrons. The second-order valence-electron chi connectivity index (χ2n) is 6.88. The van der Waals surface area contributed by atoms with Crippen molar-refractivity contribution in [1.82, 2.24) is 19.8 Å². The van der Waals surface area contributed by atoms with E-state index in [1.54, 1.807) is 0 Å². The minimum Gasteiger partial charge on any atom is -0.382 e. The maximum atomic E-state index is 12.7. The lowest BCUT2D eigenvalue weighted by atomic mass is 9.96. The van der Waals surface area contributed by atoms with Crippen molar-refractivity contribution in [3.05, 3.63) is 89.9 Å². The Labute approximate surface area is 164 Å². The highest BCUT2D eigenvalue weighted by Gasteiger charge is 2.29. The van der Waals surface area contributed by atoms with E-state index in [0.29, 0.717) is 18.8 Å². The fourth-order valence-electron chi connectivity index (χ4n) is 3.71. The Bertz CT molecular complexity index is 884. The van der Waals surface area contributed by atoms with Gasteiger partial charge in [0.25, 0.3) is 5.91 Å². The third kappa shape index (κ3) is 3.87. The number of rotatable bonds is 4. The molecule has 2 N–H and O–H groups in total. The fourth-order valence-corrected chi connectivity index (χ4v) is 3.71. The number of anilines is 1. The van der Waals surface area contributed by atoms with Gasteiger partial charge in [-0.2, -0.15) is 0 Å². The standard InChI is InChI=1S/C22H23N5O/c23-20-16-24-15-19(25-20)22(28)27-13-11-26(12-14-27)21(17-7-3-1-4-8-17)18-9-5-2-6-10-18/h1-10,15-16,21H,11-14H2,(H2,23,25). The molecule has 0 atom stereocenters. The number of nitrogens with two attached hydrogens (primary N) is 1. The smallest absolute Gasteiger partial charge is 0.274 e. The van der Waals surface area contributed by atoms with E-state index in [1.165, 1.54) is 23.5 Å². The van der Waals surface area contributed by atoms with Gasteiger partial charge in [-0.1, -0.05) is 60.7 Å². The van der Waals surface area contributed by atoms with Crippen LogP contribution in [0.4, 0.5) is 5.82 Å². The molecule has 1 aliphatic rings. The van der Waals surface area contributed by atoms with Crippen LogP contribution in [0.2, 0.25) is 0 Å². The first-order chi connectivity index (χ1) is 13.7. The van der Waals surface area contributed by atoms with Gasteiger partial charge in [0.2, 0.25) is 0 Å². The summed E-state index contributed by atoms with van der Waals surface area (Å²) in [5.41, 5.74) is 8.48. The van der Waals surface area contributed by atoms with E-state index < -0.39 is 0 Å². The lowest BCUT2D eigenvalue weighted by Gasteiger charge is -2.39. The highest BCUT2D eigenvalue weighted by atomic mass is 16.2. The Kier molecular flexibility index (Phi) is 5.30. The second kappa shape index (κ2) is 8.19. The van der Waals surface area contributed by atoms with Gasteiger partial charge in [0, 0.05) is 26.2 Å². The second-order valence-corrected chi connectivity index (χ2v) is 6.88. The summed E-state index contributed by atoms with van der Waals surface area (Å²) in [6.45, 7) is 2.86. The quantitative estimate of drug-likeness (QED) is 0.761. The number of piperazine rings is 1. The van der Waals surface area contributed by atoms with Crippen LogP contribution in [0.15, 0.2) is 73.1 Å². The number of benzene rings is 2. The van der Waals surface area contributed by atoms with Gasteiger partial charge in [-0.25, -0.2) is 4.98 Å². The average Bonchev–Trinajstić information content (AvgIpc) is 2.75. The van der Waals surface area contributed by atoms with Crippen molar-refractivity contribution < 1.29 is 4.79 Å². The highest BCUT2D eigenvalue weighted by Crippen LogP contribution is 2.29. The van der Waals surface area contributed by atoms with Crippen LogP contribution in [0, 0.1) is 0 Å². The summed E-state index contributed by atoms with van der Waals surface area (Å²) in [5.74, 6) is 0.146. The van der Waals surface area contributed by atoms with Crippen LogP contribution in [0.5, 0.6) is 0 Å². The van der Waals surface area contributed by atoms with Crippen LogP contribution in [0.25, 0.3) is 0 Å². The number of carbonyl (C=O) groups excluding carboxylic acids is 1. The lowest BCUT2D eigenvalue weighted by molar-refractivity contribution is 0.0591. The average molecular weight is 373 g/mol. The van der Waals surface area contributed by atoms with Gasteiger partial charge in [-0.05, 0) is 11.1 Å². The zero-order valence-electron chi connectivity index (χ0n) is 15.6. The van der Waals surface area contributed by atoms with Crippen LogP contribution in [0.3, 0.4) is 0 Å². The third-order valence-corrected chi connectivity index (χ3v) is 5.07. The van der Waals surface area contributed by atoms with Gasteiger partial charge in [0.15, 0.2) is 0 Å². The maximum absolute atomic E-state index is 12.7. The van der Waals surface area contributed by atoms with E-state index >= 15 is 0 Å². The van der Waals surface area contributed by atoms with Crippen molar-refractivity contribution >= 4 is 11.7 Å². The van der Waals surface area contributed by atoms with E-state index in [9.17, 15) is 4.79 Å². The summed E-state index contributed by atoms with van der Waals surface area (Å²) in [7, 11) is 0. The fraction of sp³-hybridized carbons (Fsp3) is 0.227. The van der Waals surface area contributed by atoms with E-state index in [-0.39, 0.29) is 17.8 Å². The van der Waals surface area contributed by atoms with Crippen molar-refractivity contribution in [1.29, 1.82) is 0 Å². The van der Waals surface area contributed by atoms with Crippen LogP contribution < -0.4 is 5.73 Å². The zero-order valence-corrected chi connectivity index (χ0v) is 15.6. The maximum Gasteiger partial charge on any atom is 0.274 e. The zero-order chi connectivity index (χ0) is 19.3. The molecule has 1 saturated heterocycles. The van der Waals surface area contributed by atoms with Crippen molar-refractivity contribution in [3.63, 3.8) is 0 Å². The molecule has 0 bridgehead atoms. The Balaban J connectivity index is 1.51. The first-order valence-corrected chi connectivity index (χ1v) is 9.43. The van der Waals surface area contributed by atoms with Crippen molar-refractivity contribution in [3.8, 4) is 0 Å². The minimum atomic E-state index is -0.115. The molecule has 1 aliphatic heterocycles. The molecule has 2 heterocycles. The number of hydrogen-bond acceptors (Lipinski definition) is 5. The Morgan fingerprint density at radius 1 is 0.857 bits per heavy atom. The highest BCUT2D eigenvalue weighted by molar-refractivity contribution is 5.92. The van der Waals surface area contributed by atoms with E-state index in [2.05, 4.69) is 63.4 Å². The molecular formula is C22H23N5O. The number of carbonyl (C=O) groups is 1. The minimum absolute atomic E-state index is 0.115. The largest absolute Gasteiger partial charge is 0.382 e. The third-order valence-electron chi connectivity index (χ3n) is 5.07. The molecule has 1 fully saturated rings. The molecule has 4 rings (SSSR count). The molecule has 28 heavy (non-hydrogen) atoms. The normalized spacial score (nSPS) is 15.0. The van der Waals surface area contributed by atoms with Gasteiger partial charge in [-0.15, -0.1) is 0 Å². The number of nitrogens with zero attached hydrogens (tertiary/aromatic N) is 4. The number of hydrogen-bond donors (Lipinski definition) is 1. The molecule has 3 aromatic rings. The van der Waals surface area contributed by atoms with E-state index in [1.807, 2.05) is 17.0 Å². The molecule has 1 amide bonds. The van der Waals surface area contributed by atoms with Gasteiger partial charge in [0.1, 0.15) is 11.5 Å². The topological polar surface area (TPSA) is 75.3 Å². The Morgan fingerprint density at radius 2 is 1.43 bits per heavy atom. The monoisotopic (exact) mass is 373 g/mol. The first-order valence-electron chi connectivity index (χ1n) is 9.43. The van der Waals surface area contributed by atoms with E-state index in [4.69, 9.17) is 5.73 Å². The Morgan fingerprint density at radius 3 is 1.96 bits per heavy atom. The molecule has 1 aromatic heterocycles. The molecule has 6 nitrogen and oxygen atoms in total. The SMILES string of the molecule is Nc1cncc(C(=O)N2CCN(C(c3ccccc3)c3ccccc3)CC2)n1. The Hall–Kier alpha value is -3.25. The molecule has 2 aromatic carbocycles. The van der Waals surface area contributed by atoms with Crippen molar-refractivity contribution in [2.24, 2.45) is 0 Å². The van der Waals surface area contributed by atoms with Gasteiger partial charge >= 0.3 is 0 Å². The van der Waals surface area contributed by atoms with Crippen LogP contribution in [0.1, 0.15) is 27.7 Å². The molecule has 0 unspecified atom stereocenters. The van der Waals surface area contributed by atoms with Crippen LogP contribution >= 0.6 is 0 Å². The predicted octanol–water partition coefficient (Wildman–Crippen LogP) is 2.61. The summed E-state index contributed by atoms with van der Waals surface area (Å²) in [6, 6.07) is 21.2. The van der Waals surface area contributed by atoms with Crippen LogP contribution in [-0.4, -0.2) is 51.9 Å². The molecule has 0 aliphatic carbocycles. The number of nitrogen functional groups attached to an aromatic ring is 1. The van der Waals surface area contributed by atoms with Crippen molar-refractivity contribution in [2.45, 2.75) is 6.04 Å². The van der Waals surface area contributed by atoms with Gasteiger partial charge in [-0.3, -0.25) is 14.7 Å². The first kappa shape index (κ1) is 18.1. The molecule has 0 radical (unpaired) electrons. The van der Waals surface area contributed by atoms with Gasteiger partial charge in [0.05, 0.1) is 18.4 Å². The summed E-state index contributed by atoms with van der Waals surface area (Å²) in [5, 5.41) is 0. The molecule has 0 spiro atoms.